The average molecular weight is 226 g/mol. The Bertz CT molecular complexity index is 183. The maximum atomic E-state index is 2.52. The van der Waals surface area contributed by atoms with Gasteiger partial charge < -0.3 is 9.80 Å². The van der Waals surface area contributed by atoms with Crippen molar-refractivity contribution in [3.8, 4) is 0 Å². The topological polar surface area (TPSA) is 6.48 Å². The molecule has 2 aliphatic rings. The molecule has 0 aliphatic carbocycles. The fourth-order valence-corrected chi connectivity index (χ4v) is 2.96. The largest absolute Gasteiger partial charge is 0.306 e. The SMILES string of the molecule is CCC.CN1CCC2(CCCN(C)C2)CC1. The van der Waals surface area contributed by atoms with E-state index in [2.05, 4.69) is 37.7 Å². The van der Waals surface area contributed by atoms with Gasteiger partial charge in [-0.25, -0.2) is 0 Å². The van der Waals surface area contributed by atoms with Crippen LogP contribution in [-0.2, 0) is 0 Å². The van der Waals surface area contributed by atoms with Gasteiger partial charge in [-0.05, 0) is 64.8 Å². The van der Waals surface area contributed by atoms with E-state index in [1.165, 1.54) is 58.3 Å². The van der Waals surface area contributed by atoms with Crippen LogP contribution in [0.2, 0.25) is 0 Å². The van der Waals surface area contributed by atoms with Crippen LogP contribution >= 0.6 is 0 Å². The molecule has 0 saturated carbocycles. The monoisotopic (exact) mass is 226 g/mol. The molecule has 1 spiro atoms. The summed E-state index contributed by atoms with van der Waals surface area (Å²) in [5, 5.41) is 0. The maximum Gasteiger partial charge on any atom is 0.00359 e. The summed E-state index contributed by atoms with van der Waals surface area (Å²) in [4.78, 5) is 4.99. The molecule has 2 saturated heterocycles. The van der Waals surface area contributed by atoms with Gasteiger partial charge in [0.1, 0.15) is 0 Å². The van der Waals surface area contributed by atoms with Crippen LogP contribution in [0.3, 0.4) is 0 Å². The summed E-state index contributed by atoms with van der Waals surface area (Å²) in [6.45, 7) is 9.54. The summed E-state index contributed by atoms with van der Waals surface area (Å²) < 4.78 is 0. The molecule has 0 aromatic heterocycles. The molecule has 0 amide bonds. The summed E-state index contributed by atoms with van der Waals surface area (Å²) >= 11 is 0. The number of nitrogens with zero attached hydrogens (tertiary/aromatic N) is 2. The number of piperidine rings is 2. The zero-order chi connectivity index (χ0) is 12.0. The Balaban J connectivity index is 0.000000386. The van der Waals surface area contributed by atoms with Crippen molar-refractivity contribution in [1.82, 2.24) is 9.80 Å². The van der Waals surface area contributed by atoms with Crippen molar-refractivity contribution in [1.29, 1.82) is 0 Å². The van der Waals surface area contributed by atoms with Gasteiger partial charge in [-0.15, -0.1) is 0 Å². The van der Waals surface area contributed by atoms with Crippen LogP contribution in [-0.4, -0.2) is 50.1 Å². The summed E-state index contributed by atoms with van der Waals surface area (Å²) in [6, 6.07) is 0. The van der Waals surface area contributed by atoms with Gasteiger partial charge in [0.2, 0.25) is 0 Å². The minimum atomic E-state index is 0.694. The Morgan fingerprint density at radius 3 is 1.94 bits per heavy atom. The second-order valence-corrected chi connectivity index (χ2v) is 5.85. The average Bonchev–Trinajstić information content (AvgIpc) is 2.24. The van der Waals surface area contributed by atoms with E-state index >= 15 is 0 Å². The standard InChI is InChI=1S/C11H22N2.C3H8/c1-12-8-5-11(6-9-12)4-3-7-13(2)10-11;1-3-2/h3-10H2,1-2H3;3H2,1-2H3. The molecule has 2 fully saturated rings. The third-order valence-electron chi connectivity index (χ3n) is 3.90. The van der Waals surface area contributed by atoms with Gasteiger partial charge in [-0.1, -0.05) is 20.3 Å². The van der Waals surface area contributed by atoms with E-state index in [0.29, 0.717) is 5.41 Å². The van der Waals surface area contributed by atoms with Crippen LogP contribution in [0.15, 0.2) is 0 Å². The molecule has 16 heavy (non-hydrogen) atoms. The van der Waals surface area contributed by atoms with Gasteiger partial charge in [0.15, 0.2) is 0 Å². The minimum Gasteiger partial charge on any atom is -0.306 e. The molecule has 2 aliphatic heterocycles. The predicted molar refractivity (Wildman–Crippen MR) is 71.9 cm³/mol. The molecule has 0 unspecified atom stereocenters. The van der Waals surface area contributed by atoms with Gasteiger partial charge >= 0.3 is 0 Å². The van der Waals surface area contributed by atoms with E-state index in [1.807, 2.05) is 0 Å². The zero-order valence-electron chi connectivity index (χ0n) is 11.8. The molecule has 2 heteroatoms. The molecule has 2 nitrogen and oxygen atoms in total. The molecule has 0 N–H and O–H groups in total. The summed E-state index contributed by atoms with van der Waals surface area (Å²) in [7, 11) is 4.53. The van der Waals surface area contributed by atoms with Crippen molar-refractivity contribution in [2.75, 3.05) is 40.3 Å². The molecular formula is C14H30N2. The molecule has 0 bridgehead atoms. The number of rotatable bonds is 0. The normalized spacial score (nSPS) is 26.2. The van der Waals surface area contributed by atoms with Gasteiger partial charge in [0.05, 0.1) is 0 Å². The number of hydrogen-bond donors (Lipinski definition) is 0. The highest BCUT2D eigenvalue weighted by molar-refractivity contribution is 4.90. The van der Waals surface area contributed by atoms with E-state index in [9.17, 15) is 0 Å². The molecule has 2 heterocycles. The van der Waals surface area contributed by atoms with Crippen molar-refractivity contribution in [2.45, 2.75) is 46.0 Å². The third kappa shape index (κ3) is 4.06. The van der Waals surface area contributed by atoms with E-state index in [-0.39, 0.29) is 0 Å². The Morgan fingerprint density at radius 1 is 0.875 bits per heavy atom. The fraction of sp³-hybridized carbons (Fsp3) is 1.00. The van der Waals surface area contributed by atoms with Crippen molar-refractivity contribution in [3.63, 3.8) is 0 Å². The summed E-state index contributed by atoms with van der Waals surface area (Å²) in [5.41, 5.74) is 0.694. The Labute approximate surface area is 102 Å². The van der Waals surface area contributed by atoms with Crippen LogP contribution in [0.1, 0.15) is 46.0 Å². The molecule has 96 valence electrons. The Kier molecular flexibility index (Phi) is 5.77. The fourth-order valence-electron chi connectivity index (χ4n) is 2.96. The highest BCUT2D eigenvalue weighted by atomic mass is 15.1. The summed E-state index contributed by atoms with van der Waals surface area (Å²) in [6.07, 6.45) is 6.99. The quantitative estimate of drug-likeness (QED) is 0.627. The Hall–Kier alpha value is -0.0800. The minimum absolute atomic E-state index is 0.694. The first-order valence-corrected chi connectivity index (χ1v) is 6.99. The van der Waals surface area contributed by atoms with Crippen molar-refractivity contribution in [3.05, 3.63) is 0 Å². The van der Waals surface area contributed by atoms with Crippen molar-refractivity contribution >= 4 is 0 Å². The van der Waals surface area contributed by atoms with Crippen molar-refractivity contribution in [2.24, 2.45) is 5.41 Å². The second kappa shape index (κ2) is 6.61. The van der Waals surface area contributed by atoms with Crippen LogP contribution < -0.4 is 0 Å². The first-order valence-electron chi connectivity index (χ1n) is 6.99. The van der Waals surface area contributed by atoms with Crippen LogP contribution in [0.4, 0.5) is 0 Å². The lowest BCUT2D eigenvalue weighted by Gasteiger charge is -2.46. The lowest BCUT2D eigenvalue weighted by molar-refractivity contribution is 0.0425. The molecule has 0 aromatic rings. The second-order valence-electron chi connectivity index (χ2n) is 5.85. The zero-order valence-corrected chi connectivity index (χ0v) is 11.8. The van der Waals surface area contributed by atoms with E-state index < -0.39 is 0 Å². The van der Waals surface area contributed by atoms with Crippen molar-refractivity contribution < 1.29 is 0 Å². The lowest BCUT2D eigenvalue weighted by Crippen LogP contribution is -2.47. The summed E-state index contributed by atoms with van der Waals surface area (Å²) in [5.74, 6) is 0. The molecule has 0 atom stereocenters. The smallest absolute Gasteiger partial charge is 0.00359 e. The van der Waals surface area contributed by atoms with E-state index in [4.69, 9.17) is 0 Å². The first-order chi connectivity index (χ1) is 7.62. The van der Waals surface area contributed by atoms with Crippen LogP contribution in [0.5, 0.6) is 0 Å². The van der Waals surface area contributed by atoms with Crippen LogP contribution in [0, 0.1) is 5.41 Å². The predicted octanol–water partition coefficient (Wildman–Crippen LogP) is 2.84. The van der Waals surface area contributed by atoms with E-state index in [0.717, 1.165) is 0 Å². The molecule has 0 aromatic carbocycles. The third-order valence-corrected chi connectivity index (χ3v) is 3.90. The lowest BCUT2D eigenvalue weighted by atomic mass is 9.73. The highest BCUT2D eigenvalue weighted by Gasteiger charge is 2.36. The van der Waals surface area contributed by atoms with Gasteiger partial charge in [0, 0.05) is 6.54 Å². The first kappa shape index (κ1) is 14.0. The maximum absolute atomic E-state index is 2.52. The number of hydrogen-bond acceptors (Lipinski definition) is 2. The Morgan fingerprint density at radius 2 is 1.44 bits per heavy atom. The van der Waals surface area contributed by atoms with Crippen LogP contribution in [0.25, 0.3) is 0 Å². The molecule has 0 radical (unpaired) electrons. The molecular weight excluding hydrogens is 196 g/mol. The molecule has 2 rings (SSSR count). The van der Waals surface area contributed by atoms with E-state index in [1.54, 1.807) is 0 Å². The highest BCUT2D eigenvalue weighted by Crippen LogP contribution is 2.38. The number of likely N-dealkylation sites (tertiary alicyclic amines) is 2. The van der Waals surface area contributed by atoms with Gasteiger partial charge in [0.25, 0.3) is 0 Å². The van der Waals surface area contributed by atoms with Gasteiger partial charge in [-0.3, -0.25) is 0 Å². The van der Waals surface area contributed by atoms with Gasteiger partial charge in [-0.2, -0.15) is 0 Å².